The van der Waals surface area contributed by atoms with Gasteiger partial charge in [-0.25, -0.2) is 22.0 Å². The number of hydrogen-bond acceptors (Lipinski definition) is 1. The van der Waals surface area contributed by atoms with Crippen LogP contribution in [-0.2, 0) is 12.3 Å². The summed E-state index contributed by atoms with van der Waals surface area (Å²) < 4.78 is 144. The quantitative estimate of drug-likeness (QED) is 0.216. The number of hydrogen-bond donors (Lipinski definition) is 0. The van der Waals surface area contributed by atoms with Crippen LogP contribution in [0.3, 0.4) is 0 Å². The van der Waals surface area contributed by atoms with E-state index >= 15 is 0 Å². The molecule has 4 aromatic carbocycles. The largest absolute Gasteiger partial charge is 0.432 e. The van der Waals surface area contributed by atoms with Crippen molar-refractivity contribution in [2.45, 2.75) is 33.1 Å². The molecular formula is C29H20F10O. The van der Waals surface area contributed by atoms with Gasteiger partial charge in [0.25, 0.3) is 0 Å². The number of aryl methyl sites for hydroxylation is 1. The molecule has 0 aliphatic rings. The molecular weight excluding hydrogens is 554 g/mol. The van der Waals surface area contributed by atoms with E-state index in [1.807, 2.05) is 13.8 Å². The normalized spacial score (nSPS) is 11.6. The molecule has 4 rings (SSSR count). The minimum absolute atomic E-state index is 0.0223. The first-order chi connectivity index (χ1) is 18.7. The van der Waals surface area contributed by atoms with Crippen molar-refractivity contribution in [3.8, 4) is 28.0 Å². The van der Waals surface area contributed by atoms with E-state index in [0.717, 1.165) is 5.56 Å². The van der Waals surface area contributed by atoms with Gasteiger partial charge in [0.15, 0.2) is 0 Å². The zero-order valence-corrected chi connectivity index (χ0v) is 21.0. The lowest BCUT2D eigenvalue weighted by Crippen LogP contribution is -2.25. The molecule has 212 valence electrons. The minimum Gasteiger partial charge on any atom is -0.429 e. The predicted molar refractivity (Wildman–Crippen MR) is 129 cm³/mol. The van der Waals surface area contributed by atoms with Crippen LogP contribution >= 0.6 is 0 Å². The van der Waals surface area contributed by atoms with Gasteiger partial charge in [-0.15, -0.1) is 0 Å². The number of benzene rings is 4. The molecule has 0 radical (unpaired) electrons. The summed E-state index contributed by atoms with van der Waals surface area (Å²) in [7, 11) is 0. The van der Waals surface area contributed by atoms with Gasteiger partial charge in [0.2, 0.25) is 0 Å². The second kappa shape index (κ2) is 11.6. The fourth-order valence-corrected chi connectivity index (χ4v) is 3.76. The molecule has 0 bridgehead atoms. The monoisotopic (exact) mass is 574 g/mol. The van der Waals surface area contributed by atoms with Crippen LogP contribution in [0.4, 0.5) is 43.9 Å². The lowest BCUT2D eigenvalue weighted by Gasteiger charge is -2.20. The average Bonchev–Trinajstić information content (AvgIpc) is 2.83. The van der Waals surface area contributed by atoms with E-state index in [1.165, 1.54) is 12.1 Å². The summed E-state index contributed by atoms with van der Waals surface area (Å²) in [5, 5.41) is 0. The number of alkyl halides is 5. The molecule has 0 unspecified atom stereocenters. The van der Waals surface area contributed by atoms with E-state index in [0.29, 0.717) is 35.9 Å². The summed E-state index contributed by atoms with van der Waals surface area (Å²) in [6.45, 7) is 5.78. The Kier molecular flexibility index (Phi) is 8.86. The Balaban J connectivity index is 0.00000216. The SMILES string of the molecule is CC.Cc1ccc(-c2cc(F)c(C(F)(F)Oc3ccc(-c4cc(F)c(C(F)(F)F)c(F)c4)c(F)c3)c(F)c2)cc1. The summed E-state index contributed by atoms with van der Waals surface area (Å²) in [4.78, 5) is 0. The smallest absolute Gasteiger partial charge is 0.429 e. The molecule has 0 saturated carbocycles. The highest BCUT2D eigenvalue weighted by atomic mass is 19.4. The zero-order chi connectivity index (χ0) is 30.0. The van der Waals surface area contributed by atoms with Crippen LogP contribution in [-0.4, -0.2) is 0 Å². The van der Waals surface area contributed by atoms with Gasteiger partial charge in [-0.1, -0.05) is 43.7 Å². The Morgan fingerprint density at radius 3 is 1.48 bits per heavy atom. The van der Waals surface area contributed by atoms with E-state index in [2.05, 4.69) is 4.74 Å². The van der Waals surface area contributed by atoms with Crippen LogP contribution in [0, 0.1) is 36.0 Å². The van der Waals surface area contributed by atoms with Gasteiger partial charge in [-0.05, 0) is 60.0 Å². The van der Waals surface area contributed by atoms with Crippen molar-refractivity contribution in [1.29, 1.82) is 0 Å². The third-order valence-corrected chi connectivity index (χ3v) is 5.54. The summed E-state index contributed by atoms with van der Waals surface area (Å²) in [6, 6.07) is 9.91. The highest BCUT2D eigenvalue weighted by Gasteiger charge is 2.41. The third kappa shape index (κ3) is 6.40. The molecule has 0 spiro atoms. The first kappa shape index (κ1) is 30.5. The molecule has 0 fully saturated rings. The second-order valence-corrected chi connectivity index (χ2v) is 8.25. The highest BCUT2D eigenvalue weighted by molar-refractivity contribution is 5.66. The van der Waals surface area contributed by atoms with E-state index in [-0.39, 0.29) is 17.7 Å². The fraction of sp³-hybridized carbons (Fsp3) is 0.172. The first-order valence-electron chi connectivity index (χ1n) is 11.7. The zero-order valence-electron chi connectivity index (χ0n) is 21.0. The van der Waals surface area contributed by atoms with E-state index < -0.39 is 69.4 Å². The van der Waals surface area contributed by atoms with Crippen LogP contribution < -0.4 is 4.74 Å². The van der Waals surface area contributed by atoms with Gasteiger partial charge in [0.1, 0.15) is 46.0 Å². The van der Waals surface area contributed by atoms with Crippen molar-refractivity contribution in [1.82, 2.24) is 0 Å². The molecule has 0 N–H and O–H groups in total. The maximum atomic E-state index is 14.7. The topological polar surface area (TPSA) is 9.23 Å². The molecule has 0 aromatic heterocycles. The number of halogens is 10. The molecule has 0 saturated heterocycles. The van der Waals surface area contributed by atoms with Crippen LogP contribution in [0.25, 0.3) is 22.3 Å². The van der Waals surface area contributed by atoms with Gasteiger partial charge >= 0.3 is 12.3 Å². The molecule has 0 heterocycles. The standard InChI is InChI=1S/C27H14F10O.C2H6/c1-13-2-4-14(5-3-13)15-8-22(31)25(23(32)9-15)27(36,37)38-17-6-7-18(19(28)12-17)16-10-20(29)24(21(30)11-16)26(33,34)35;1-2/h2-12H,1H3;1-2H3. The molecule has 40 heavy (non-hydrogen) atoms. The van der Waals surface area contributed by atoms with Crippen LogP contribution in [0.15, 0.2) is 66.7 Å². The van der Waals surface area contributed by atoms with Crippen LogP contribution in [0.1, 0.15) is 30.5 Å². The first-order valence-corrected chi connectivity index (χ1v) is 11.7. The van der Waals surface area contributed by atoms with Crippen molar-refractivity contribution >= 4 is 0 Å². The summed E-state index contributed by atoms with van der Waals surface area (Å²) in [5.41, 5.74) is -4.04. The minimum atomic E-state index is -5.35. The molecule has 11 heteroatoms. The van der Waals surface area contributed by atoms with Gasteiger partial charge < -0.3 is 4.74 Å². The Hall–Kier alpha value is -4.02. The van der Waals surface area contributed by atoms with Crippen molar-refractivity contribution in [3.05, 3.63) is 113 Å². The Morgan fingerprint density at radius 1 is 0.525 bits per heavy atom. The molecule has 4 aromatic rings. The number of ether oxygens (including phenoxy) is 1. The molecule has 0 amide bonds. The van der Waals surface area contributed by atoms with E-state index in [1.54, 1.807) is 19.1 Å². The van der Waals surface area contributed by atoms with Crippen molar-refractivity contribution < 1.29 is 48.6 Å². The van der Waals surface area contributed by atoms with E-state index in [4.69, 9.17) is 0 Å². The lowest BCUT2D eigenvalue weighted by molar-refractivity contribution is -0.189. The van der Waals surface area contributed by atoms with Crippen LogP contribution in [0.2, 0.25) is 0 Å². The van der Waals surface area contributed by atoms with Crippen molar-refractivity contribution in [2.75, 3.05) is 0 Å². The van der Waals surface area contributed by atoms with Gasteiger partial charge in [0.05, 0.1) is 0 Å². The van der Waals surface area contributed by atoms with E-state index in [9.17, 15) is 43.9 Å². The lowest BCUT2D eigenvalue weighted by atomic mass is 10.0. The maximum Gasteiger partial charge on any atom is 0.432 e. The Labute approximate surface area is 222 Å². The molecule has 0 aliphatic carbocycles. The summed E-state index contributed by atoms with van der Waals surface area (Å²) >= 11 is 0. The molecule has 0 atom stereocenters. The predicted octanol–water partition coefficient (Wildman–Crippen LogP) is 10.2. The van der Waals surface area contributed by atoms with Gasteiger partial charge in [-0.2, -0.15) is 22.0 Å². The van der Waals surface area contributed by atoms with Crippen molar-refractivity contribution in [2.24, 2.45) is 0 Å². The summed E-state index contributed by atoms with van der Waals surface area (Å²) in [6.07, 6.45) is -9.97. The fourth-order valence-electron chi connectivity index (χ4n) is 3.76. The Bertz CT molecular complexity index is 1460. The molecule has 0 aliphatic heterocycles. The van der Waals surface area contributed by atoms with Crippen LogP contribution in [0.5, 0.6) is 5.75 Å². The third-order valence-electron chi connectivity index (χ3n) is 5.54. The Morgan fingerprint density at radius 2 is 1.00 bits per heavy atom. The maximum absolute atomic E-state index is 14.7. The van der Waals surface area contributed by atoms with Gasteiger partial charge in [0, 0.05) is 11.6 Å². The second-order valence-electron chi connectivity index (χ2n) is 8.25. The summed E-state index contributed by atoms with van der Waals surface area (Å²) in [5.74, 6) is -9.65. The molecule has 1 nitrogen and oxygen atoms in total. The average molecular weight is 574 g/mol. The van der Waals surface area contributed by atoms with Crippen molar-refractivity contribution in [3.63, 3.8) is 0 Å². The van der Waals surface area contributed by atoms with Gasteiger partial charge in [-0.3, -0.25) is 0 Å². The number of rotatable bonds is 5. The highest BCUT2D eigenvalue weighted by Crippen LogP contribution is 2.39.